The van der Waals surface area contributed by atoms with Crippen molar-refractivity contribution in [3.05, 3.63) is 118 Å². The number of ketones is 1. The minimum Gasteiger partial charge on any atom is -0.357 e. The van der Waals surface area contributed by atoms with Gasteiger partial charge in [-0.15, -0.1) is 0 Å². The summed E-state index contributed by atoms with van der Waals surface area (Å²) in [6, 6.07) is 6.02. The van der Waals surface area contributed by atoms with Crippen LogP contribution in [-0.2, 0) is 17.8 Å². The molecule has 0 saturated heterocycles. The van der Waals surface area contributed by atoms with E-state index in [4.69, 9.17) is 16.7 Å². The van der Waals surface area contributed by atoms with Gasteiger partial charge in [0.25, 0.3) is 0 Å². The Morgan fingerprint density at radius 3 is 2.78 bits per heavy atom. The lowest BCUT2D eigenvalue weighted by Gasteiger charge is -2.34. The van der Waals surface area contributed by atoms with Gasteiger partial charge in [-0.1, -0.05) is 78.9 Å². The molecule has 3 nitrogen and oxygen atoms in total. The summed E-state index contributed by atoms with van der Waals surface area (Å²) < 4.78 is 0. The van der Waals surface area contributed by atoms with Gasteiger partial charge in [0, 0.05) is 22.9 Å². The molecule has 0 aromatic heterocycles. The van der Waals surface area contributed by atoms with Crippen molar-refractivity contribution in [1.29, 1.82) is 0 Å². The van der Waals surface area contributed by atoms with E-state index < -0.39 is 0 Å². The van der Waals surface area contributed by atoms with Crippen LogP contribution in [0.5, 0.6) is 0 Å². The highest BCUT2D eigenvalue weighted by Gasteiger charge is 2.30. The number of hydrogen-bond acceptors (Lipinski definition) is 4. The van der Waals surface area contributed by atoms with Gasteiger partial charge in [0.1, 0.15) is 0 Å². The monoisotopic (exact) mass is 464 g/mol. The average molecular weight is 465 g/mol. The fourth-order valence-electron chi connectivity index (χ4n) is 4.04. The minimum absolute atomic E-state index is 0.0506. The first-order valence-electron chi connectivity index (χ1n) is 10.6. The molecule has 5 heteroatoms. The maximum atomic E-state index is 13.6. The molecule has 2 N–H and O–H groups in total. The van der Waals surface area contributed by atoms with Crippen molar-refractivity contribution in [2.75, 3.05) is 0 Å². The highest BCUT2D eigenvalue weighted by Crippen LogP contribution is 2.34. The Morgan fingerprint density at radius 1 is 1.31 bits per heavy atom. The maximum absolute atomic E-state index is 13.6. The molecule has 1 aromatic rings. The molecule has 0 bridgehead atoms. The molecule has 3 rings (SSSR count). The van der Waals surface area contributed by atoms with Crippen LogP contribution in [0, 0.1) is 0 Å². The third kappa shape index (κ3) is 5.83. The maximum Gasteiger partial charge on any atom is 0.183 e. The van der Waals surface area contributed by atoms with E-state index in [9.17, 15) is 4.79 Å². The SMILES string of the molecule is C=C/C=C\C=C(\C)CC(=O)C1=C(C=C)Cc2ccc(Cl)cc2CN1C1C=CC(SN)=CC1. The summed E-state index contributed by atoms with van der Waals surface area (Å²) in [4.78, 5) is 16.9. The van der Waals surface area contributed by atoms with Crippen LogP contribution in [0.1, 0.15) is 30.9 Å². The summed E-state index contributed by atoms with van der Waals surface area (Å²) >= 11 is 7.56. The molecule has 0 amide bonds. The number of halogens is 1. The summed E-state index contributed by atoms with van der Waals surface area (Å²) in [6.45, 7) is 10.3. The van der Waals surface area contributed by atoms with E-state index in [1.807, 2.05) is 49.4 Å². The number of carbonyl (C=O) groups excluding carboxylic acids is 1. The Balaban J connectivity index is 2.02. The largest absolute Gasteiger partial charge is 0.357 e. The number of nitrogens with zero attached hydrogens (tertiary/aromatic N) is 1. The standard InChI is InChI=1S/C27H29ClN2OS/c1-4-6-7-8-19(3)15-26(31)27-20(5-2)16-21-9-10-23(28)17-22(21)18-30(27)24-11-13-25(32-29)14-12-24/h4-11,13-14,17,24H,1-2,12,15-16,18,29H2,3H3/b7-6-,19-8-. The molecule has 0 saturated carbocycles. The number of nitrogens with two attached hydrogens (primary N) is 1. The first-order valence-corrected chi connectivity index (χ1v) is 11.8. The Bertz CT molecular complexity index is 1060. The van der Waals surface area contributed by atoms with Gasteiger partial charge >= 0.3 is 0 Å². The molecular formula is C27H29ClN2OS. The first kappa shape index (κ1) is 24.1. The third-order valence-electron chi connectivity index (χ3n) is 5.64. The van der Waals surface area contributed by atoms with Gasteiger partial charge in [0.05, 0.1) is 11.7 Å². The zero-order valence-corrected chi connectivity index (χ0v) is 20.0. The fraction of sp³-hybridized carbons (Fsp3) is 0.222. The summed E-state index contributed by atoms with van der Waals surface area (Å²) in [7, 11) is 0. The van der Waals surface area contributed by atoms with Crippen molar-refractivity contribution in [3.63, 3.8) is 0 Å². The molecule has 1 unspecified atom stereocenters. The van der Waals surface area contributed by atoms with Crippen LogP contribution in [0.3, 0.4) is 0 Å². The molecule has 1 heterocycles. The zero-order valence-electron chi connectivity index (χ0n) is 18.4. The topological polar surface area (TPSA) is 46.3 Å². The Morgan fingerprint density at radius 2 is 2.12 bits per heavy atom. The van der Waals surface area contributed by atoms with Crippen LogP contribution in [0.15, 0.2) is 102 Å². The van der Waals surface area contributed by atoms with E-state index >= 15 is 0 Å². The van der Waals surface area contributed by atoms with E-state index in [-0.39, 0.29) is 11.8 Å². The molecule has 0 spiro atoms. The highest BCUT2D eigenvalue weighted by atomic mass is 35.5. The number of fused-ring (bicyclic) bond motifs is 1. The lowest BCUT2D eigenvalue weighted by atomic mass is 9.97. The van der Waals surface area contributed by atoms with E-state index in [0.717, 1.165) is 33.7 Å². The van der Waals surface area contributed by atoms with Gasteiger partial charge in [-0.3, -0.25) is 9.93 Å². The first-order chi connectivity index (χ1) is 15.5. The van der Waals surface area contributed by atoms with Crippen LogP contribution in [0.25, 0.3) is 0 Å². The quantitative estimate of drug-likeness (QED) is 0.347. The number of benzene rings is 1. The van der Waals surface area contributed by atoms with Crippen molar-refractivity contribution in [2.24, 2.45) is 5.14 Å². The van der Waals surface area contributed by atoms with Crippen LogP contribution < -0.4 is 5.14 Å². The summed E-state index contributed by atoms with van der Waals surface area (Å²) in [5, 5.41) is 6.43. The molecular weight excluding hydrogens is 436 g/mol. The lowest BCUT2D eigenvalue weighted by molar-refractivity contribution is -0.116. The molecule has 0 radical (unpaired) electrons. The molecule has 32 heavy (non-hydrogen) atoms. The van der Waals surface area contributed by atoms with Crippen LogP contribution in [0.4, 0.5) is 0 Å². The van der Waals surface area contributed by atoms with E-state index in [1.54, 1.807) is 6.08 Å². The molecule has 1 atom stereocenters. The van der Waals surface area contributed by atoms with E-state index in [0.29, 0.717) is 24.4 Å². The number of allylic oxidation sites excluding steroid dienone is 9. The van der Waals surface area contributed by atoms with Crippen LogP contribution in [0.2, 0.25) is 5.02 Å². The highest BCUT2D eigenvalue weighted by molar-refractivity contribution is 8.01. The second-order valence-corrected chi connectivity index (χ2v) is 9.06. The molecule has 0 fully saturated rings. The number of carbonyl (C=O) groups is 1. The van der Waals surface area contributed by atoms with Crippen molar-refractivity contribution < 1.29 is 4.79 Å². The van der Waals surface area contributed by atoms with Crippen LogP contribution in [-0.4, -0.2) is 16.7 Å². The van der Waals surface area contributed by atoms with Gasteiger partial charge < -0.3 is 4.90 Å². The van der Waals surface area contributed by atoms with Gasteiger partial charge in [0.15, 0.2) is 5.78 Å². The Kier molecular flexibility index (Phi) is 8.57. The normalized spacial score (nSPS) is 19.0. The third-order valence-corrected chi connectivity index (χ3v) is 6.45. The molecule has 1 aromatic carbocycles. The molecule has 1 aliphatic carbocycles. The zero-order chi connectivity index (χ0) is 23.1. The van der Waals surface area contributed by atoms with E-state index in [2.05, 4.69) is 36.3 Å². The lowest BCUT2D eigenvalue weighted by Crippen LogP contribution is -2.36. The van der Waals surface area contributed by atoms with Gasteiger partial charge in [-0.2, -0.15) is 0 Å². The number of hydrogen-bond donors (Lipinski definition) is 1. The Hall–Kier alpha value is -2.53. The summed E-state index contributed by atoms with van der Waals surface area (Å²) in [6.07, 6.45) is 17.3. The second kappa shape index (κ2) is 11.4. The predicted molar refractivity (Wildman–Crippen MR) is 138 cm³/mol. The smallest absolute Gasteiger partial charge is 0.183 e. The summed E-state index contributed by atoms with van der Waals surface area (Å²) in [5.74, 6) is 0.0935. The van der Waals surface area contributed by atoms with Crippen molar-refractivity contribution in [2.45, 2.75) is 38.8 Å². The summed E-state index contributed by atoms with van der Waals surface area (Å²) in [5.41, 5.74) is 4.99. The second-order valence-electron chi connectivity index (χ2n) is 7.92. The van der Waals surface area contributed by atoms with Crippen LogP contribution >= 0.6 is 23.5 Å². The molecule has 166 valence electrons. The molecule has 1 aliphatic heterocycles. The molecule has 2 aliphatic rings. The number of rotatable bonds is 8. The average Bonchev–Trinajstić information content (AvgIpc) is 2.95. The van der Waals surface area contributed by atoms with Gasteiger partial charge in [-0.05, 0) is 66.6 Å². The Labute approximate surface area is 200 Å². The fourth-order valence-corrected chi connectivity index (χ4v) is 4.59. The van der Waals surface area contributed by atoms with Gasteiger partial charge in [0.2, 0.25) is 0 Å². The minimum atomic E-state index is 0.0506. The van der Waals surface area contributed by atoms with Crippen molar-refractivity contribution in [1.82, 2.24) is 4.90 Å². The van der Waals surface area contributed by atoms with Gasteiger partial charge in [-0.25, -0.2) is 0 Å². The predicted octanol–water partition coefficient (Wildman–Crippen LogP) is 6.61. The number of Topliss-reactive ketones (excluding diaryl/α,β-unsaturated/α-hetero) is 1. The van der Waals surface area contributed by atoms with E-state index in [1.165, 1.54) is 17.5 Å². The van der Waals surface area contributed by atoms with Crippen molar-refractivity contribution >= 4 is 29.3 Å². The van der Waals surface area contributed by atoms with Crippen molar-refractivity contribution in [3.8, 4) is 0 Å².